The molecule has 1 saturated heterocycles. The molecule has 0 saturated carbocycles. The van der Waals surface area contributed by atoms with Crippen molar-refractivity contribution in [2.45, 2.75) is 19.4 Å². The van der Waals surface area contributed by atoms with Crippen LogP contribution in [0, 0.1) is 5.92 Å². The quantitative estimate of drug-likeness (QED) is 0.833. The predicted octanol–water partition coefficient (Wildman–Crippen LogP) is 0.821. The molecule has 1 atom stereocenters. The fourth-order valence-corrected chi connectivity index (χ4v) is 2.79. The molecule has 0 aromatic carbocycles. The van der Waals surface area contributed by atoms with Gasteiger partial charge in [-0.3, -0.25) is 14.6 Å². The highest BCUT2D eigenvalue weighted by Crippen LogP contribution is 2.18. The maximum atomic E-state index is 12.5. The molecule has 1 aliphatic heterocycles. The van der Waals surface area contributed by atoms with E-state index >= 15 is 0 Å². The minimum atomic E-state index is -0.358. The Morgan fingerprint density at radius 2 is 2.08 bits per heavy atom. The third-order valence-corrected chi connectivity index (χ3v) is 4.18. The van der Waals surface area contributed by atoms with Crippen LogP contribution in [-0.4, -0.2) is 44.8 Å². The van der Waals surface area contributed by atoms with E-state index in [1.54, 1.807) is 17.3 Å². The molecule has 130 valence electrons. The number of pyridine rings is 1. The number of aromatic nitrogens is 3. The minimum absolute atomic E-state index is 0.176. The number of likely N-dealkylation sites (tertiary alicyclic amines) is 1. The summed E-state index contributed by atoms with van der Waals surface area (Å²) in [6.45, 7) is 1.52. The van der Waals surface area contributed by atoms with Gasteiger partial charge >= 0.3 is 0 Å². The topological polar surface area (TPSA) is 114 Å². The van der Waals surface area contributed by atoms with Crippen molar-refractivity contribution in [3.63, 3.8) is 0 Å². The van der Waals surface area contributed by atoms with Crippen molar-refractivity contribution in [3.8, 4) is 0 Å². The maximum absolute atomic E-state index is 12.5. The Morgan fingerprint density at radius 3 is 2.76 bits per heavy atom. The molecule has 2 amide bonds. The van der Waals surface area contributed by atoms with Crippen LogP contribution in [0.15, 0.2) is 36.9 Å². The number of rotatable bonds is 5. The smallest absolute Gasteiger partial charge is 0.257 e. The number of hydrogen-bond donors (Lipinski definition) is 2. The number of amides is 2. The van der Waals surface area contributed by atoms with Gasteiger partial charge in [0.25, 0.3) is 5.91 Å². The van der Waals surface area contributed by atoms with Gasteiger partial charge in [0.15, 0.2) is 0 Å². The summed E-state index contributed by atoms with van der Waals surface area (Å²) in [6, 6.07) is 3.81. The third kappa shape index (κ3) is 4.28. The van der Waals surface area contributed by atoms with Gasteiger partial charge in [-0.15, -0.1) is 0 Å². The van der Waals surface area contributed by atoms with E-state index in [0.29, 0.717) is 31.1 Å². The number of nitrogens with zero attached hydrogens (tertiary/aromatic N) is 4. The molecule has 2 aromatic heterocycles. The Hall–Kier alpha value is -3.03. The number of primary amides is 1. The summed E-state index contributed by atoms with van der Waals surface area (Å²) < 4.78 is 0. The summed E-state index contributed by atoms with van der Waals surface area (Å²) in [7, 11) is 0. The first kappa shape index (κ1) is 16.8. The Morgan fingerprint density at radius 1 is 1.28 bits per heavy atom. The Labute approximate surface area is 145 Å². The molecule has 1 aliphatic rings. The van der Waals surface area contributed by atoms with Crippen molar-refractivity contribution in [2.24, 2.45) is 11.7 Å². The normalized spacial score (nSPS) is 17.1. The highest BCUT2D eigenvalue weighted by Gasteiger charge is 2.27. The van der Waals surface area contributed by atoms with Gasteiger partial charge in [-0.2, -0.15) is 0 Å². The Balaban J connectivity index is 1.59. The fourth-order valence-electron chi connectivity index (χ4n) is 2.79. The average molecular weight is 340 g/mol. The molecular formula is C17H20N6O2. The minimum Gasteiger partial charge on any atom is -0.369 e. The number of carbonyl (C=O) groups is 2. The number of nitrogens with one attached hydrogen (secondary N) is 1. The molecule has 0 radical (unpaired) electrons. The second-order valence-corrected chi connectivity index (χ2v) is 6.00. The van der Waals surface area contributed by atoms with Crippen LogP contribution in [0.25, 0.3) is 0 Å². The van der Waals surface area contributed by atoms with Crippen LogP contribution in [0.2, 0.25) is 0 Å². The van der Waals surface area contributed by atoms with Crippen LogP contribution in [0.5, 0.6) is 0 Å². The van der Waals surface area contributed by atoms with Crippen molar-refractivity contribution in [3.05, 3.63) is 48.0 Å². The summed E-state index contributed by atoms with van der Waals surface area (Å²) in [5, 5.41) is 3.08. The molecule has 1 unspecified atom stereocenters. The zero-order valence-corrected chi connectivity index (χ0v) is 13.8. The van der Waals surface area contributed by atoms with Crippen LogP contribution >= 0.6 is 0 Å². The van der Waals surface area contributed by atoms with Crippen molar-refractivity contribution in [2.75, 3.05) is 18.4 Å². The molecule has 8 nitrogen and oxygen atoms in total. The van der Waals surface area contributed by atoms with Crippen molar-refractivity contribution in [1.29, 1.82) is 0 Å². The summed E-state index contributed by atoms with van der Waals surface area (Å²) in [6.07, 6.45) is 7.96. The van der Waals surface area contributed by atoms with Gasteiger partial charge in [0.2, 0.25) is 11.9 Å². The van der Waals surface area contributed by atoms with E-state index in [1.807, 2.05) is 12.1 Å². The van der Waals surface area contributed by atoms with E-state index in [2.05, 4.69) is 20.3 Å². The lowest BCUT2D eigenvalue weighted by atomic mass is 9.97. The molecule has 2 aromatic rings. The number of piperidine rings is 1. The Bertz CT molecular complexity index is 735. The first-order chi connectivity index (χ1) is 12.1. The second kappa shape index (κ2) is 7.69. The third-order valence-electron chi connectivity index (χ3n) is 4.18. The standard InChI is InChI=1S/C17H20N6O2/c18-15(24)13-4-2-6-23(11-13)16(25)14-9-21-17(22-10-14)20-8-12-3-1-5-19-7-12/h1,3,5,7,9-10,13H,2,4,6,8,11H2,(H2,18,24)(H,20,21,22). The van der Waals surface area contributed by atoms with E-state index in [0.717, 1.165) is 18.4 Å². The van der Waals surface area contributed by atoms with Crippen molar-refractivity contribution in [1.82, 2.24) is 19.9 Å². The van der Waals surface area contributed by atoms with Gasteiger partial charge in [-0.25, -0.2) is 9.97 Å². The maximum Gasteiger partial charge on any atom is 0.257 e. The number of anilines is 1. The van der Waals surface area contributed by atoms with Crippen LogP contribution < -0.4 is 11.1 Å². The van der Waals surface area contributed by atoms with E-state index in [9.17, 15) is 9.59 Å². The zero-order chi connectivity index (χ0) is 17.6. The van der Waals surface area contributed by atoms with Crippen LogP contribution in [0.1, 0.15) is 28.8 Å². The van der Waals surface area contributed by atoms with Gasteiger partial charge in [-0.1, -0.05) is 6.07 Å². The molecule has 0 spiro atoms. The van der Waals surface area contributed by atoms with Gasteiger partial charge in [0.05, 0.1) is 11.5 Å². The molecule has 25 heavy (non-hydrogen) atoms. The molecule has 3 N–H and O–H groups in total. The van der Waals surface area contributed by atoms with E-state index in [-0.39, 0.29) is 17.7 Å². The number of hydrogen-bond acceptors (Lipinski definition) is 6. The average Bonchev–Trinajstić information content (AvgIpc) is 2.67. The molecule has 1 fully saturated rings. The van der Waals surface area contributed by atoms with Crippen LogP contribution in [0.4, 0.5) is 5.95 Å². The largest absolute Gasteiger partial charge is 0.369 e. The monoisotopic (exact) mass is 340 g/mol. The highest BCUT2D eigenvalue weighted by atomic mass is 16.2. The van der Waals surface area contributed by atoms with Gasteiger partial charge in [-0.05, 0) is 24.5 Å². The molecule has 8 heteroatoms. The second-order valence-electron chi connectivity index (χ2n) is 6.00. The predicted molar refractivity (Wildman–Crippen MR) is 91.4 cm³/mol. The Kier molecular flexibility index (Phi) is 5.17. The molecule has 3 heterocycles. The summed E-state index contributed by atoms with van der Waals surface area (Å²) in [5.74, 6) is -0.374. The van der Waals surface area contributed by atoms with E-state index in [4.69, 9.17) is 5.73 Å². The van der Waals surface area contributed by atoms with E-state index in [1.165, 1.54) is 12.4 Å². The molecule has 0 aliphatic carbocycles. The van der Waals surface area contributed by atoms with Crippen LogP contribution in [0.3, 0.4) is 0 Å². The first-order valence-electron chi connectivity index (χ1n) is 8.17. The summed E-state index contributed by atoms with van der Waals surface area (Å²) in [5.41, 5.74) is 6.77. The van der Waals surface area contributed by atoms with Gasteiger partial charge < -0.3 is 16.0 Å². The van der Waals surface area contributed by atoms with E-state index < -0.39 is 0 Å². The molecular weight excluding hydrogens is 320 g/mol. The summed E-state index contributed by atoms with van der Waals surface area (Å²) >= 11 is 0. The van der Waals surface area contributed by atoms with Crippen molar-refractivity contribution < 1.29 is 9.59 Å². The van der Waals surface area contributed by atoms with Crippen LogP contribution in [-0.2, 0) is 11.3 Å². The van der Waals surface area contributed by atoms with Crippen molar-refractivity contribution >= 4 is 17.8 Å². The SMILES string of the molecule is NC(=O)C1CCCN(C(=O)c2cnc(NCc3cccnc3)nc2)C1. The molecule has 3 rings (SSSR count). The number of carbonyl (C=O) groups excluding carboxylic acids is 2. The van der Waals surface area contributed by atoms with Gasteiger partial charge in [0.1, 0.15) is 0 Å². The lowest BCUT2D eigenvalue weighted by Crippen LogP contribution is -2.44. The first-order valence-corrected chi connectivity index (χ1v) is 8.17. The fraction of sp³-hybridized carbons (Fsp3) is 0.353. The van der Waals surface area contributed by atoms with Gasteiger partial charge in [0, 0.05) is 44.4 Å². The summed E-state index contributed by atoms with van der Waals surface area (Å²) in [4.78, 5) is 37.9. The zero-order valence-electron chi connectivity index (χ0n) is 13.8. The lowest BCUT2D eigenvalue weighted by Gasteiger charge is -2.31. The molecule has 0 bridgehead atoms. The highest BCUT2D eigenvalue weighted by molar-refractivity contribution is 5.94. The number of nitrogens with two attached hydrogens (primary N) is 1. The lowest BCUT2D eigenvalue weighted by molar-refractivity contribution is -0.123.